The first-order chi connectivity index (χ1) is 21.8. The number of benzene rings is 5. The molecule has 0 aromatic heterocycles. The molecule has 222 valence electrons. The lowest BCUT2D eigenvalue weighted by Crippen LogP contribution is -2.54. The second kappa shape index (κ2) is 11.1. The van der Waals surface area contributed by atoms with Gasteiger partial charge in [0.05, 0.1) is 22.0 Å². The van der Waals surface area contributed by atoms with Gasteiger partial charge in [-0.05, 0) is 59.1 Å². The highest BCUT2D eigenvalue weighted by Crippen LogP contribution is 2.55. The van der Waals surface area contributed by atoms with Crippen LogP contribution in [-0.2, 0) is 10.4 Å². The van der Waals surface area contributed by atoms with Gasteiger partial charge in [0.15, 0.2) is 0 Å². The van der Waals surface area contributed by atoms with Crippen molar-refractivity contribution in [3.8, 4) is 0 Å². The molecular weight excluding hydrogens is 579 g/mol. The van der Waals surface area contributed by atoms with E-state index >= 15 is 0 Å². The van der Waals surface area contributed by atoms with E-state index in [1.54, 1.807) is 23.9 Å². The summed E-state index contributed by atoms with van der Waals surface area (Å²) in [7, 11) is 0. The summed E-state index contributed by atoms with van der Waals surface area (Å²) in [4.78, 5) is 10.1. The minimum absolute atomic E-state index is 0.0349. The summed E-state index contributed by atoms with van der Waals surface area (Å²) in [5.74, 6) is 0. The molecule has 0 amide bonds. The Morgan fingerprint density at radius 2 is 1.20 bits per heavy atom. The van der Waals surface area contributed by atoms with Crippen molar-refractivity contribution in [2.24, 2.45) is 10.2 Å². The lowest BCUT2D eigenvalue weighted by atomic mass is 9.85. The van der Waals surface area contributed by atoms with Crippen LogP contribution in [0.3, 0.4) is 0 Å². The van der Waals surface area contributed by atoms with Crippen molar-refractivity contribution >= 4 is 39.6 Å². The fraction of sp³-hybridized carbons (Fsp3) is 0.135. The quantitative estimate of drug-likeness (QED) is 0.147. The zero-order valence-corrected chi connectivity index (χ0v) is 26.0. The van der Waals surface area contributed by atoms with Crippen LogP contribution in [0.4, 0.5) is 17.1 Å². The van der Waals surface area contributed by atoms with Crippen molar-refractivity contribution in [2.45, 2.75) is 31.2 Å². The second-order valence-corrected chi connectivity index (χ2v) is 13.2. The first-order valence-corrected chi connectivity index (χ1v) is 15.6. The number of hydrogen-bond acceptors (Lipinski definition) is 7. The molecule has 1 spiro atoms. The van der Waals surface area contributed by atoms with E-state index < -0.39 is 4.99 Å². The normalized spacial score (nSPS) is 17.6. The molecule has 0 unspecified atom stereocenters. The standard InChI is InChI=1S/C37H31N5O2S/c1-36(2,3)28-22-18-26(19-23-28)34-32-16-10-11-17-33(32)37(40(38-34)29-12-6-4-7-13-29)41(30-14-8-5-9-15-30)39-35(45-37)27-20-24-31(25-21-27)42(43)44/h4-25H,1-3H3/t37-/m0/s1. The number of fused-ring (bicyclic) bond motifs is 2. The molecule has 0 saturated heterocycles. The van der Waals surface area contributed by atoms with Crippen LogP contribution in [0.15, 0.2) is 144 Å². The van der Waals surface area contributed by atoms with Gasteiger partial charge in [0.2, 0.25) is 4.99 Å². The first kappa shape index (κ1) is 28.6. The summed E-state index contributed by atoms with van der Waals surface area (Å²) in [5.41, 5.74) is 7.88. The van der Waals surface area contributed by atoms with E-state index in [1.807, 2.05) is 59.6 Å². The van der Waals surface area contributed by atoms with Crippen LogP contribution in [-0.4, -0.2) is 15.7 Å². The molecular formula is C37H31N5O2S. The van der Waals surface area contributed by atoms with E-state index in [4.69, 9.17) is 10.2 Å². The Labute approximate surface area is 266 Å². The van der Waals surface area contributed by atoms with Gasteiger partial charge in [-0.15, -0.1) is 0 Å². The SMILES string of the molecule is CC(C)(C)c1ccc(C2=NN(c3ccccc3)[C@@]3(SC(c4ccc([N+](=O)[O-])cc4)=NN3c3ccccc3)c3ccccc32)cc1. The minimum Gasteiger partial charge on any atom is -0.258 e. The molecule has 0 aliphatic carbocycles. The Hall–Kier alpha value is -5.21. The fourth-order valence-corrected chi connectivity index (χ4v) is 7.16. The number of hydrazone groups is 2. The molecule has 0 bridgehead atoms. The van der Waals surface area contributed by atoms with Gasteiger partial charge in [-0.2, -0.15) is 10.2 Å². The van der Waals surface area contributed by atoms with Crippen molar-refractivity contribution in [1.82, 2.24) is 0 Å². The van der Waals surface area contributed by atoms with Crippen LogP contribution in [0.5, 0.6) is 0 Å². The van der Waals surface area contributed by atoms with Gasteiger partial charge in [0.25, 0.3) is 5.69 Å². The summed E-state index contributed by atoms with van der Waals surface area (Å²) in [6.45, 7) is 6.65. The molecule has 8 heteroatoms. The van der Waals surface area contributed by atoms with E-state index in [-0.39, 0.29) is 16.0 Å². The van der Waals surface area contributed by atoms with E-state index in [1.165, 1.54) is 17.7 Å². The molecule has 2 heterocycles. The van der Waals surface area contributed by atoms with E-state index in [2.05, 4.69) is 80.4 Å². The van der Waals surface area contributed by atoms with Crippen LogP contribution in [0.2, 0.25) is 0 Å². The smallest absolute Gasteiger partial charge is 0.258 e. The van der Waals surface area contributed by atoms with Gasteiger partial charge in [-0.1, -0.05) is 106 Å². The predicted octanol–water partition coefficient (Wildman–Crippen LogP) is 8.89. The number of nitrogens with zero attached hydrogens (tertiary/aromatic N) is 5. The maximum Gasteiger partial charge on any atom is 0.269 e. The molecule has 0 fully saturated rings. The molecule has 2 aliphatic heterocycles. The van der Waals surface area contributed by atoms with Crippen LogP contribution < -0.4 is 10.0 Å². The molecule has 0 N–H and O–H groups in total. The summed E-state index contributed by atoms with van der Waals surface area (Å²) in [6, 6.07) is 43.9. The van der Waals surface area contributed by atoms with Gasteiger partial charge in [0, 0.05) is 34.4 Å². The molecule has 0 saturated carbocycles. The zero-order chi connectivity index (χ0) is 31.2. The van der Waals surface area contributed by atoms with Gasteiger partial charge in [-0.25, -0.2) is 10.0 Å². The average Bonchev–Trinajstić information content (AvgIpc) is 3.46. The van der Waals surface area contributed by atoms with E-state index in [0.717, 1.165) is 44.4 Å². The monoisotopic (exact) mass is 609 g/mol. The highest BCUT2D eigenvalue weighted by molar-refractivity contribution is 8.15. The molecule has 5 aromatic rings. The average molecular weight is 610 g/mol. The highest BCUT2D eigenvalue weighted by Gasteiger charge is 2.55. The zero-order valence-electron chi connectivity index (χ0n) is 25.2. The summed E-state index contributed by atoms with van der Waals surface area (Å²) >= 11 is 1.58. The number of para-hydroxylation sites is 2. The third-order valence-electron chi connectivity index (χ3n) is 8.09. The first-order valence-electron chi connectivity index (χ1n) is 14.8. The van der Waals surface area contributed by atoms with Gasteiger partial charge >= 0.3 is 0 Å². The van der Waals surface area contributed by atoms with E-state index in [9.17, 15) is 10.1 Å². The van der Waals surface area contributed by atoms with Crippen LogP contribution in [0.1, 0.15) is 48.6 Å². The molecule has 45 heavy (non-hydrogen) atoms. The van der Waals surface area contributed by atoms with Gasteiger partial charge < -0.3 is 0 Å². The number of nitro groups is 1. The highest BCUT2D eigenvalue weighted by atomic mass is 32.2. The Morgan fingerprint density at radius 1 is 0.667 bits per heavy atom. The summed E-state index contributed by atoms with van der Waals surface area (Å²) in [5, 5.41) is 26.9. The van der Waals surface area contributed by atoms with Crippen molar-refractivity contribution in [1.29, 1.82) is 0 Å². The molecule has 7 rings (SSSR count). The van der Waals surface area contributed by atoms with Crippen molar-refractivity contribution in [3.05, 3.63) is 171 Å². The molecule has 2 aliphatic rings. The summed E-state index contributed by atoms with van der Waals surface area (Å²) < 4.78 is 0. The Balaban J connectivity index is 1.46. The van der Waals surface area contributed by atoms with Crippen LogP contribution in [0, 0.1) is 10.1 Å². The number of hydrogen-bond donors (Lipinski definition) is 0. The number of nitro benzene ring substituents is 1. The molecule has 5 aromatic carbocycles. The number of rotatable bonds is 5. The topological polar surface area (TPSA) is 74.3 Å². The Morgan fingerprint density at radius 3 is 1.78 bits per heavy atom. The maximum absolute atomic E-state index is 11.4. The van der Waals surface area contributed by atoms with Crippen molar-refractivity contribution < 1.29 is 4.92 Å². The minimum atomic E-state index is -0.939. The molecule has 7 nitrogen and oxygen atoms in total. The fourth-order valence-electron chi connectivity index (χ4n) is 5.76. The van der Waals surface area contributed by atoms with Crippen molar-refractivity contribution in [2.75, 3.05) is 10.0 Å². The lowest BCUT2D eigenvalue weighted by Gasteiger charge is -2.47. The largest absolute Gasteiger partial charge is 0.269 e. The van der Waals surface area contributed by atoms with Crippen molar-refractivity contribution in [3.63, 3.8) is 0 Å². The van der Waals surface area contributed by atoms with Gasteiger partial charge in [0.1, 0.15) is 5.04 Å². The maximum atomic E-state index is 11.4. The predicted molar refractivity (Wildman–Crippen MR) is 184 cm³/mol. The lowest BCUT2D eigenvalue weighted by molar-refractivity contribution is -0.384. The third-order valence-corrected chi connectivity index (χ3v) is 9.45. The molecule has 1 atom stereocenters. The molecule has 0 radical (unpaired) electrons. The Bertz CT molecular complexity index is 1940. The van der Waals surface area contributed by atoms with Gasteiger partial charge in [-0.3, -0.25) is 10.1 Å². The van der Waals surface area contributed by atoms with Crippen LogP contribution >= 0.6 is 11.8 Å². The Kier molecular flexibility index (Phi) is 7.01. The number of non-ortho nitro benzene ring substituents is 1. The summed E-state index contributed by atoms with van der Waals surface area (Å²) in [6.07, 6.45) is 0. The number of thioether (sulfide) groups is 1. The van der Waals surface area contributed by atoms with E-state index in [0.29, 0.717) is 0 Å². The second-order valence-electron chi connectivity index (χ2n) is 12.0. The number of anilines is 2. The third kappa shape index (κ3) is 4.97. The van der Waals surface area contributed by atoms with Crippen LogP contribution in [0.25, 0.3) is 0 Å².